The third-order valence-corrected chi connectivity index (χ3v) is 4.51. The molecular formula is C21H18N6O. The van der Waals surface area contributed by atoms with Crippen LogP contribution in [0.1, 0.15) is 30.9 Å². The highest BCUT2D eigenvalue weighted by atomic mass is 16.1. The highest BCUT2D eigenvalue weighted by molar-refractivity contribution is 6.14. The summed E-state index contributed by atoms with van der Waals surface area (Å²) < 4.78 is 0. The van der Waals surface area contributed by atoms with E-state index in [0.29, 0.717) is 17.3 Å². The van der Waals surface area contributed by atoms with E-state index >= 15 is 0 Å². The molecule has 7 nitrogen and oxygen atoms in total. The Labute approximate surface area is 162 Å². The molecule has 0 aromatic heterocycles. The summed E-state index contributed by atoms with van der Waals surface area (Å²) in [7, 11) is 0. The molecule has 7 heteroatoms. The van der Waals surface area contributed by atoms with Gasteiger partial charge in [-0.2, -0.15) is 0 Å². The largest absolute Gasteiger partial charge is 0.289 e. The second kappa shape index (κ2) is 8.73. The molecule has 0 saturated heterocycles. The van der Waals surface area contributed by atoms with E-state index in [-0.39, 0.29) is 5.78 Å². The van der Waals surface area contributed by atoms with Gasteiger partial charge in [-0.25, -0.2) is 0 Å². The molecule has 0 heterocycles. The number of carbonyl (C=O) groups is 1. The highest BCUT2D eigenvalue weighted by Gasteiger charge is 2.25. The SMILES string of the molecule is CC1CC(=Cc2ccc(N=[N+]=[N-])cc2)C(=O)/C(=C/c2ccc(N=[N+]=[N-])cc2)C1. The summed E-state index contributed by atoms with van der Waals surface area (Å²) in [5.74, 6) is 0.413. The highest BCUT2D eigenvalue weighted by Crippen LogP contribution is 2.32. The average Bonchev–Trinajstić information content (AvgIpc) is 2.69. The maximum Gasteiger partial charge on any atom is 0.185 e. The van der Waals surface area contributed by atoms with E-state index in [0.717, 1.165) is 35.1 Å². The quantitative estimate of drug-likeness (QED) is 0.244. The Kier molecular flexibility index (Phi) is 5.92. The summed E-state index contributed by atoms with van der Waals surface area (Å²) >= 11 is 0. The van der Waals surface area contributed by atoms with Crippen LogP contribution in [-0.2, 0) is 4.79 Å². The molecule has 0 radical (unpaired) electrons. The zero-order valence-corrected chi connectivity index (χ0v) is 15.4. The van der Waals surface area contributed by atoms with Crippen molar-refractivity contribution in [3.8, 4) is 0 Å². The van der Waals surface area contributed by atoms with Gasteiger partial charge in [-0.05, 0) is 53.1 Å². The van der Waals surface area contributed by atoms with E-state index in [1.165, 1.54) is 0 Å². The van der Waals surface area contributed by atoms with Crippen LogP contribution in [0, 0.1) is 5.92 Å². The number of allylic oxidation sites excluding steroid dienone is 2. The van der Waals surface area contributed by atoms with Gasteiger partial charge in [-0.15, -0.1) is 0 Å². The summed E-state index contributed by atoms with van der Waals surface area (Å²) in [6, 6.07) is 14.2. The number of ketones is 1. The van der Waals surface area contributed by atoms with Crippen molar-refractivity contribution >= 4 is 29.3 Å². The molecule has 28 heavy (non-hydrogen) atoms. The molecule has 0 aliphatic heterocycles. The van der Waals surface area contributed by atoms with E-state index in [9.17, 15) is 4.79 Å². The predicted molar refractivity (Wildman–Crippen MR) is 110 cm³/mol. The minimum Gasteiger partial charge on any atom is -0.289 e. The van der Waals surface area contributed by atoms with Gasteiger partial charge in [0.1, 0.15) is 0 Å². The van der Waals surface area contributed by atoms with Crippen molar-refractivity contribution in [2.24, 2.45) is 16.1 Å². The maximum atomic E-state index is 12.9. The molecule has 2 aromatic rings. The molecule has 1 unspecified atom stereocenters. The second-order valence-corrected chi connectivity index (χ2v) is 6.74. The fourth-order valence-corrected chi connectivity index (χ4v) is 3.24. The Bertz CT molecular complexity index is 954. The van der Waals surface area contributed by atoms with Gasteiger partial charge >= 0.3 is 0 Å². The standard InChI is InChI=1S/C21H18N6O/c1-14-10-17(12-15-2-6-19(7-3-15)24-26-22)21(28)18(11-14)13-16-4-8-20(9-5-16)25-27-23/h2-9,12-14H,10-11H2,1H3/b17-12+,18-13?. The molecule has 138 valence electrons. The van der Waals surface area contributed by atoms with Crippen molar-refractivity contribution in [3.63, 3.8) is 0 Å². The smallest absolute Gasteiger partial charge is 0.185 e. The molecule has 0 amide bonds. The number of benzene rings is 2. The fourth-order valence-electron chi connectivity index (χ4n) is 3.24. The van der Waals surface area contributed by atoms with Crippen molar-refractivity contribution in [1.82, 2.24) is 0 Å². The molecule has 1 saturated carbocycles. The Hall–Kier alpha value is -3.79. The van der Waals surface area contributed by atoms with E-state index in [1.54, 1.807) is 24.3 Å². The van der Waals surface area contributed by atoms with Gasteiger partial charge < -0.3 is 0 Å². The summed E-state index contributed by atoms with van der Waals surface area (Å²) in [6.45, 7) is 2.13. The third-order valence-electron chi connectivity index (χ3n) is 4.51. The lowest BCUT2D eigenvalue weighted by atomic mass is 9.81. The minimum absolute atomic E-state index is 0.0522. The first kappa shape index (κ1) is 19.0. The van der Waals surface area contributed by atoms with Gasteiger partial charge in [0.2, 0.25) is 0 Å². The summed E-state index contributed by atoms with van der Waals surface area (Å²) in [5.41, 5.74) is 21.4. The average molecular weight is 370 g/mol. The van der Waals surface area contributed by atoms with Crippen LogP contribution in [0.4, 0.5) is 11.4 Å². The lowest BCUT2D eigenvalue weighted by molar-refractivity contribution is -0.113. The molecular weight excluding hydrogens is 352 g/mol. The van der Waals surface area contributed by atoms with E-state index < -0.39 is 0 Å². The van der Waals surface area contributed by atoms with Crippen LogP contribution in [0.3, 0.4) is 0 Å². The zero-order chi connectivity index (χ0) is 19.9. The topological polar surface area (TPSA) is 115 Å². The van der Waals surface area contributed by atoms with Crippen molar-refractivity contribution < 1.29 is 4.79 Å². The van der Waals surface area contributed by atoms with Gasteiger partial charge in [0.05, 0.1) is 0 Å². The lowest BCUT2D eigenvalue weighted by Gasteiger charge is -2.22. The molecule has 2 aromatic carbocycles. The molecule has 0 bridgehead atoms. The van der Waals surface area contributed by atoms with Gasteiger partial charge in [0, 0.05) is 32.3 Å². The lowest BCUT2D eigenvalue weighted by Crippen LogP contribution is -2.18. The van der Waals surface area contributed by atoms with Gasteiger partial charge in [-0.3, -0.25) is 4.79 Å². The number of Topliss-reactive ketones (excluding diaryl/α,β-unsaturated/α-hetero) is 1. The molecule has 1 aliphatic carbocycles. The Morgan fingerprint density at radius 1 is 0.821 bits per heavy atom. The first-order chi connectivity index (χ1) is 13.6. The number of azide groups is 2. The van der Waals surface area contributed by atoms with Crippen molar-refractivity contribution in [1.29, 1.82) is 0 Å². The van der Waals surface area contributed by atoms with Crippen LogP contribution >= 0.6 is 0 Å². The van der Waals surface area contributed by atoms with Crippen LogP contribution in [0.25, 0.3) is 33.0 Å². The van der Waals surface area contributed by atoms with Gasteiger partial charge in [0.15, 0.2) is 5.78 Å². The predicted octanol–water partition coefficient (Wildman–Crippen LogP) is 7.04. The first-order valence-corrected chi connectivity index (χ1v) is 8.85. The number of carbonyl (C=O) groups excluding carboxylic acids is 1. The van der Waals surface area contributed by atoms with Crippen molar-refractivity contribution in [2.75, 3.05) is 0 Å². The monoisotopic (exact) mass is 370 g/mol. The zero-order valence-electron chi connectivity index (χ0n) is 15.4. The Morgan fingerprint density at radius 3 is 1.57 bits per heavy atom. The van der Waals surface area contributed by atoms with Crippen molar-refractivity contribution in [2.45, 2.75) is 19.8 Å². The number of rotatable bonds is 4. The van der Waals surface area contributed by atoms with Gasteiger partial charge in [0.25, 0.3) is 0 Å². The van der Waals surface area contributed by atoms with Crippen LogP contribution in [-0.4, -0.2) is 5.78 Å². The first-order valence-electron chi connectivity index (χ1n) is 8.85. The normalized spacial score (nSPS) is 19.2. The van der Waals surface area contributed by atoms with E-state index in [1.807, 2.05) is 36.4 Å². The molecule has 1 aliphatic rings. The van der Waals surface area contributed by atoms with Crippen LogP contribution in [0.5, 0.6) is 0 Å². The van der Waals surface area contributed by atoms with E-state index in [2.05, 4.69) is 27.0 Å². The Balaban J connectivity index is 1.87. The minimum atomic E-state index is 0.0522. The molecule has 0 N–H and O–H groups in total. The van der Waals surface area contributed by atoms with Crippen LogP contribution < -0.4 is 0 Å². The van der Waals surface area contributed by atoms with Gasteiger partial charge in [-0.1, -0.05) is 65.7 Å². The molecule has 1 atom stereocenters. The van der Waals surface area contributed by atoms with Crippen molar-refractivity contribution in [3.05, 3.63) is 91.7 Å². The second-order valence-electron chi connectivity index (χ2n) is 6.74. The number of nitrogens with zero attached hydrogens (tertiary/aromatic N) is 6. The van der Waals surface area contributed by atoms with Crippen LogP contribution in [0.15, 0.2) is 69.9 Å². The van der Waals surface area contributed by atoms with E-state index in [4.69, 9.17) is 11.1 Å². The molecule has 3 rings (SSSR count). The maximum absolute atomic E-state index is 12.9. The summed E-state index contributed by atoms with van der Waals surface area (Å²) in [4.78, 5) is 18.5. The molecule has 1 fully saturated rings. The summed E-state index contributed by atoms with van der Waals surface area (Å²) in [5, 5.41) is 7.11. The summed E-state index contributed by atoms with van der Waals surface area (Å²) in [6.07, 6.45) is 5.25. The fraction of sp³-hybridized carbons (Fsp3) is 0.190. The molecule has 0 spiro atoms. The number of hydrogen-bond acceptors (Lipinski definition) is 3. The number of hydrogen-bond donors (Lipinski definition) is 0. The van der Waals surface area contributed by atoms with Crippen LogP contribution in [0.2, 0.25) is 0 Å². The third kappa shape index (κ3) is 4.68. The Morgan fingerprint density at radius 2 is 1.21 bits per heavy atom.